The van der Waals surface area contributed by atoms with Gasteiger partial charge in [0.15, 0.2) is 0 Å². The minimum absolute atomic E-state index is 0.0719. The Balaban J connectivity index is 1.57. The number of carbonyl (C=O) groups excluding carboxylic acids is 1. The molecule has 3 rings (SSSR count). The summed E-state index contributed by atoms with van der Waals surface area (Å²) >= 11 is 0. The molecule has 1 heterocycles. The van der Waals surface area contributed by atoms with Gasteiger partial charge in [-0.15, -0.1) is 0 Å². The van der Waals surface area contributed by atoms with Gasteiger partial charge in [0.2, 0.25) is 0 Å². The molecular weight excluding hydrogens is 276 g/mol. The summed E-state index contributed by atoms with van der Waals surface area (Å²) < 4.78 is 0. The van der Waals surface area contributed by atoms with Gasteiger partial charge in [-0.2, -0.15) is 0 Å². The zero-order valence-electron chi connectivity index (χ0n) is 13.1. The molecule has 2 atom stereocenters. The Kier molecular flexibility index (Phi) is 4.98. The smallest absolute Gasteiger partial charge is 0.317 e. The zero-order valence-corrected chi connectivity index (χ0v) is 13.1. The number of hydrogen-bond donors (Lipinski definition) is 2. The van der Waals surface area contributed by atoms with E-state index >= 15 is 0 Å². The van der Waals surface area contributed by atoms with Crippen LogP contribution in [0.1, 0.15) is 36.8 Å². The normalized spacial score (nSPS) is 24.7. The van der Waals surface area contributed by atoms with E-state index in [4.69, 9.17) is 5.11 Å². The average molecular weight is 302 g/mol. The molecule has 2 amide bonds. The number of nitrogens with zero attached hydrogens (tertiary/aromatic N) is 1. The van der Waals surface area contributed by atoms with Crippen LogP contribution in [0.15, 0.2) is 24.3 Å². The van der Waals surface area contributed by atoms with Crippen molar-refractivity contribution in [1.82, 2.24) is 10.2 Å². The summed E-state index contributed by atoms with van der Waals surface area (Å²) in [5.41, 5.74) is 2.74. The summed E-state index contributed by atoms with van der Waals surface area (Å²) in [6, 6.07) is 8.81. The highest BCUT2D eigenvalue weighted by molar-refractivity contribution is 5.74. The minimum Gasteiger partial charge on any atom is -0.396 e. The van der Waals surface area contributed by atoms with E-state index in [-0.39, 0.29) is 18.7 Å². The van der Waals surface area contributed by atoms with Gasteiger partial charge in [0, 0.05) is 25.7 Å². The van der Waals surface area contributed by atoms with Crippen LogP contribution >= 0.6 is 0 Å². The number of aliphatic hydroxyl groups is 1. The van der Waals surface area contributed by atoms with E-state index in [1.165, 1.54) is 11.1 Å². The van der Waals surface area contributed by atoms with Gasteiger partial charge in [0.1, 0.15) is 0 Å². The molecular formula is C18H26N2O2. The van der Waals surface area contributed by atoms with Crippen LogP contribution in [0, 0.1) is 5.92 Å². The van der Waals surface area contributed by atoms with E-state index in [9.17, 15) is 4.79 Å². The van der Waals surface area contributed by atoms with Crippen LogP contribution in [0.5, 0.6) is 0 Å². The zero-order chi connectivity index (χ0) is 15.4. The Bertz CT molecular complexity index is 491. The highest BCUT2D eigenvalue weighted by Crippen LogP contribution is 2.28. The third-order valence-electron chi connectivity index (χ3n) is 5.18. The van der Waals surface area contributed by atoms with Crippen LogP contribution in [-0.4, -0.2) is 41.8 Å². The van der Waals surface area contributed by atoms with Gasteiger partial charge in [-0.3, -0.25) is 0 Å². The van der Waals surface area contributed by atoms with Gasteiger partial charge in [-0.1, -0.05) is 30.7 Å². The molecule has 0 unspecified atom stereocenters. The molecule has 1 fully saturated rings. The third-order valence-corrected chi connectivity index (χ3v) is 5.18. The maximum Gasteiger partial charge on any atom is 0.317 e. The molecule has 2 aliphatic rings. The summed E-state index contributed by atoms with van der Waals surface area (Å²) in [5.74, 6) is 0.443. The Morgan fingerprint density at radius 2 is 1.86 bits per heavy atom. The van der Waals surface area contributed by atoms with Gasteiger partial charge in [-0.25, -0.2) is 4.79 Å². The van der Waals surface area contributed by atoms with Crippen LogP contribution in [0.2, 0.25) is 0 Å². The molecule has 0 saturated heterocycles. The number of benzene rings is 1. The summed E-state index contributed by atoms with van der Waals surface area (Å²) in [4.78, 5) is 14.5. The van der Waals surface area contributed by atoms with Gasteiger partial charge in [0.25, 0.3) is 0 Å². The summed E-state index contributed by atoms with van der Waals surface area (Å²) in [5, 5.41) is 12.4. The highest BCUT2D eigenvalue weighted by Gasteiger charge is 2.29. The Hall–Kier alpha value is -1.55. The Labute approximate surface area is 132 Å². The van der Waals surface area contributed by atoms with E-state index in [1.807, 2.05) is 4.90 Å². The monoisotopic (exact) mass is 302 g/mol. The van der Waals surface area contributed by atoms with Crippen LogP contribution < -0.4 is 5.32 Å². The van der Waals surface area contributed by atoms with Crippen molar-refractivity contribution in [3.63, 3.8) is 0 Å². The van der Waals surface area contributed by atoms with Crippen molar-refractivity contribution in [2.75, 3.05) is 19.7 Å². The predicted octanol–water partition coefficient (Wildman–Crippen LogP) is 2.35. The molecule has 0 aromatic heterocycles. The first-order chi connectivity index (χ1) is 10.8. The lowest BCUT2D eigenvalue weighted by molar-refractivity contribution is 0.188. The fourth-order valence-electron chi connectivity index (χ4n) is 3.86. The number of rotatable bonds is 3. The summed E-state index contributed by atoms with van der Waals surface area (Å²) in [6.45, 7) is 1.80. The minimum atomic E-state index is 0.0719. The topological polar surface area (TPSA) is 52.6 Å². The fraction of sp³-hybridized carbons (Fsp3) is 0.611. The van der Waals surface area contributed by atoms with Crippen LogP contribution in [0.25, 0.3) is 0 Å². The van der Waals surface area contributed by atoms with E-state index in [0.717, 1.165) is 51.6 Å². The Morgan fingerprint density at radius 1 is 1.18 bits per heavy atom. The van der Waals surface area contributed by atoms with E-state index in [0.29, 0.717) is 5.92 Å². The first-order valence-corrected chi connectivity index (χ1v) is 8.51. The van der Waals surface area contributed by atoms with Crippen molar-refractivity contribution in [2.45, 2.75) is 44.6 Å². The molecule has 1 aromatic rings. The number of fused-ring (bicyclic) bond motifs is 1. The molecule has 1 saturated carbocycles. The molecule has 4 nitrogen and oxygen atoms in total. The van der Waals surface area contributed by atoms with Crippen molar-refractivity contribution in [3.05, 3.63) is 35.4 Å². The highest BCUT2D eigenvalue weighted by atomic mass is 16.3. The molecule has 1 aliphatic carbocycles. The first-order valence-electron chi connectivity index (χ1n) is 8.51. The van der Waals surface area contributed by atoms with Gasteiger partial charge >= 0.3 is 6.03 Å². The van der Waals surface area contributed by atoms with Crippen LogP contribution in [0.4, 0.5) is 4.79 Å². The van der Waals surface area contributed by atoms with Crippen molar-refractivity contribution < 1.29 is 9.90 Å². The molecule has 0 spiro atoms. The fourth-order valence-corrected chi connectivity index (χ4v) is 3.86. The standard InChI is InChI=1S/C18H26N2O2/c21-13-10-16-6-3-7-17(16)19-18(22)20-11-8-14-4-1-2-5-15(14)9-12-20/h1-2,4-5,16-17,21H,3,6-13H2,(H,19,22)/t16-,17+/m1/s1. The summed E-state index contributed by atoms with van der Waals surface area (Å²) in [7, 11) is 0. The second-order valence-electron chi connectivity index (χ2n) is 6.52. The lowest BCUT2D eigenvalue weighted by Crippen LogP contribution is -2.47. The van der Waals surface area contributed by atoms with Gasteiger partial charge < -0.3 is 15.3 Å². The molecule has 4 heteroatoms. The maximum atomic E-state index is 12.6. The average Bonchev–Trinajstić information content (AvgIpc) is 2.84. The lowest BCUT2D eigenvalue weighted by Gasteiger charge is -2.26. The van der Waals surface area contributed by atoms with Gasteiger partial charge in [-0.05, 0) is 49.1 Å². The molecule has 1 aromatic carbocycles. The number of urea groups is 1. The first kappa shape index (κ1) is 15.3. The number of aliphatic hydroxyl groups excluding tert-OH is 1. The molecule has 22 heavy (non-hydrogen) atoms. The molecule has 2 N–H and O–H groups in total. The number of carbonyl (C=O) groups is 1. The van der Waals surface area contributed by atoms with E-state index < -0.39 is 0 Å². The molecule has 0 bridgehead atoms. The van der Waals surface area contributed by atoms with Crippen LogP contribution in [0.3, 0.4) is 0 Å². The van der Waals surface area contributed by atoms with Crippen molar-refractivity contribution in [3.8, 4) is 0 Å². The maximum absolute atomic E-state index is 12.6. The quantitative estimate of drug-likeness (QED) is 0.900. The largest absolute Gasteiger partial charge is 0.396 e. The van der Waals surface area contributed by atoms with Crippen LogP contribution in [-0.2, 0) is 12.8 Å². The Morgan fingerprint density at radius 3 is 2.50 bits per heavy atom. The number of amides is 2. The van der Waals surface area contributed by atoms with E-state index in [2.05, 4.69) is 29.6 Å². The second-order valence-corrected chi connectivity index (χ2v) is 6.52. The molecule has 1 aliphatic heterocycles. The van der Waals surface area contributed by atoms with E-state index in [1.54, 1.807) is 0 Å². The van der Waals surface area contributed by atoms with Gasteiger partial charge in [0.05, 0.1) is 0 Å². The second kappa shape index (κ2) is 7.14. The van der Waals surface area contributed by atoms with Crippen molar-refractivity contribution in [2.24, 2.45) is 5.92 Å². The van der Waals surface area contributed by atoms with Crippen molar-refractivity contribution in [1.29, 1.82) is 0 Å². The van der Waals surface area contributed by atoms with Crippen molar-refractivity contribution >= 4 is 6.03 Å². The SMILES string of the molecule is O=C(N[C@H]1CCC[C@@H]1CCO)N1CCc2ccccc2CC1. The predicted molar refractivity (Wildman–Crippen MR) is 86.8 cm³/mol. The third kappa shape index (κ3) is 3.43. The lowest BCUT2D eigenvalue weighted by atomic mass is 10.0. The molecule has 0 radical (unpaired) electrons. The number of nitrogens with one attached hydrogen (secondary N) is 1. The number of hydrogen-bond acceptors (Lipinski definition) is 2. The summed E-state index contributed by atoms with van der Waals surface area (Å²) in [6.07, 6.45) is 6.00. The molecule has 120 valence electrons.